The van der Waals surface area contributed by atoms with Gasteiger partial charge in [-0.1, -0.05) is 59.6 Å². The van der Waals surface area contributed by atoms with E-state index in [9.17, 15) is 0 Å². The molecular formula is C18H12Cl2N6S. The molecule has 0 aliphatic heterocycles. The number of hydrogen-bond acceptors (Lipinski definition) is 4. The molecular weight excluding hydrogens is 403 g/mol. The summed E-state index contributed by atoms with van der Waals surface area (Å²) < 4.78 is 1.85. The van der Waals surface area contributed by atoms with Crippen LogP contribution in [0.25, 0.3) is 22.8 Å². The average molecular weight is 415 g/mol. The van der Waals surface area contributed by atoms with Crippen LogP contribution in [0.3, 0.4) is 0 Å². The second-order valence-corrected chi connectivity index (χ2v) is 6.84. The summed E-state index contributed by atoms with van der Waals surface area (Å²) in [7, 11) is 0. The number of benzene rings is 2. The van der Waals surface area contributed by atoms with Crippen molar-refractivity contribution in [3.8, 4) is 22.8 Å². The summed E-state index contributed by atoms with van der Waals surface area (Å²) in [4.78, 5) is 0. The minimum atomic E-state index is 0.349. The molecule has 9 heteroatoms. The molecule has 4 aromatic rings. The normalized spacial score (nSPS) is 11.3. The zero-order chi connectivity index (χ0) is 18.8. The third kappa shape index (κ3) is 3.71. The Bertz CT molecular complexity index is 1180. The van der Waals surface area contributed by atoms with E-state index in [1.807, 2.05) is 36.4 Å². The van der Waals surface area contributed by atoms with Crippen LogP contribution >= 0.6 is 35.4 Å². The van der Waals surface area contributed by atoms with E-state index in [1.165, 1.54) is 4.68 Å². The Morgan fingerprint density at radius 2 is 1.81 bits per heavy atom. The first-order chi connectivity index (χ1) is 13.1. The molecule has 0 amide bonds. The van der Waals surface area contributed by atoms with Crippen molar-refractivity contribution in [2.45, 2.75) is 0 Å². The Balaban J connectivity index is 1.69. The van der Waals surface area contributed by atoms with E-state index in [4.69, 9.17) is 35.4 Å². The lowest BCUT2D eigenvalue weighted by atomic mass is 10.1. The summed E-state index contributed by atoms with van der Waals surface area (Å²) >= 11 is 17.4. The van der Waals surface area contributed by atoms with Crippen LogP contribution in [0.1, 0.15) is 5.56 Å². The minimum Gasteiger partial charge on any atom is -0.274 e. The van der Waals surface area contributed by atoms with Crippen molar-refractivity contribution in [1.29, 1.82) is 0 Å². The van der Waals surface area contributed by atoms with Crippen LogP contribution in [0.15, 0.2) is 59.7 Å². The first kappa shape index (κ1) is 17.7. The molecule has 0 saturated carbocycles. The maximum atomic E-state index is 6.19. The quantitative estimate of drug-likeness (QED) is 0.356. The largest absolute Gasteiger partial charge is 0.274 e. The summed E-state index contributed by atoms with van der Waals surface area (Å²) in [6, 6.07) is 16.9. The zero-order valence-corrected chi connectivity index (χ0v) is 16.1. The molecule has 0 fully saturated rings. The van der Waals surface area contributed by atoms with Crippen LogP contribution < -0.4 is 0 Å². The maximum Gasteiger partial charge on any atom is 0.216 e. The Morgan fingerprint density at radius 1 is 1.00 bits per heavy atom. The minimum absolute atomic E-state index is 0.349. The number of nitrogens with one attached hydrogen (secondary N) is 2. The molecule has 4 rings (SSSR count). The van der Waals surface area contributed by atoms with E-state index in [1.54, 1.807) is 24.4 Å². The van der Waals surface area contributed by atoms with Crippen LogP contribution in [-0.2, 0) is 0 Å². The number of H-pyrrole nitrogens is 2. The van der Waals surface area contributed by atoms with E-state index >= 15 is 0 Å². The van der Waals surface area contributed by atoms with E-state index < -0.39 is 0 Å². The van der Waals surface area contributed by atoms with E-state index in [0.29, 0.717) is 31.9 Å². The van der Waals surface area contributed by atoms with Crippen molar-refractivity contribution < 1.29 is 0 Å². The van der Waals surface area contributed by atoms with Gasteiger partial charge in [0.05, 0.1) is 16.9 Å². The van der Waals surface area contributed by atoms with Gasteiger partial charge in [-0.2, -0.15) is 20.0 Å². The highest BCUT2D eigenvalue weighted by atomic mass is 35.5. The predicted molar refractivity (Wildman–Crippen MR) is 110 cm³/mol. The molecule has 0 atom stereocenters. The highest BCUT2D eigenvalue weighted by Crippen LogP contribution is 2.23. The number of aromatic amines is 2. The Hall–Kier alpha value is -2.74. The third-order valence-corrected chi connectivity index (χ3v) is 4.64. The second kappa shape index (κ2) is 7.48. The monoisotopic (exact) mass is 414 g/mol. The van der Waals surface area contributed by atoms with Gasteiger partial charge in [-0.05, 0) is 30.4 Å². The van der Waals surface area contributed by atoms with Crippen LogP contribution in [0.4, 0.5) is 0 Å². The van der Waals surface area contributed by atoms with Gasteiger partial charge in [-0.3, -0.25) is 5.10 Å². The fourth-order valence-electron chi connectivity index (χ4n) is 2.49. The molecule has 2 heterocycles. The fourth-order valence-corrected chi connectivity index (χ4v) is 3.13. The van der Waals surface area contributed by atoms with Crippen LogP contribution in [0.2, 0.25) is 10.0 Å². The van der Waals surface area contributed by atoms with Gasteiger partial charge in [0.2, 0.25) is 10.6 Å². The first-order valence-corrected chi connectivity index (χ1v) is 9.06. The number of halogens is 2. The lowest BCUT2D eigenvalue weighted by Gasteiger charge is -2.00. The van der Waals surface area contributed by atoms with Gasteiger partial charge in [0, 0.05) is 16.1 Å². The molecule has 0 aliphatic rings. The summed E-state index contributed by atoms with van der Waals surface area (Å²) in [6.45, 7) is 0. The molecule has 2 N–H and O–H groups in total. The molecule has 0 aliphatic carbocycles. The molecule has 0 spiro atoms. The maximum absolute atomic E-state index is 6.19. The van der Waals surface area contributed by atoms with Gasteiger partial charge in [-0.15, -0.1) is 0 Å². The van der Waals surface area contributed by atoms with E-state index in [-0.39, 0.29) is 0 Å². The van der Waals surface area contributed by atoms with Crippen molar-refractivity contribution in [1.82, 2.24) is 25.1 Å². The van der Waals surface area contributed by atoms with Crippen LogP contribution in [-0.4, -0.2) is 31.3 Å². The molecule has 2 aromatic carbocycles. The zero-order valence-electron chi connectivity index (χ0n) is 13.7. The topological polar surface area (TPSA) is 74.7 Å². The smallest absolute Gasteiger partial charge is 0.216 e. The van der Waals surface area contributed by atoms with Gasteiger partial charge in [0.1, 0.15) is 5.69 Å². The number of rotatable bonds is 4. The van der Waals surface area contributed by atoms with Gasteiger partial charge in [-0.25, -0.2) is 5.10 Å². The van der Waals surface area contributed by atoms with Gasteiger partial charge in [0.15, 0.2) is 0 Å². The second-order valence-electron chi connectivity index (χ2n) is 5.61. The van der Waals surface area contributed by atoms with Crippen molar-refractivity contribution in [2.75, 3.05) is 0 Å². The SMILES string of the molecule is S=c1[nH]nc(-c2cc(-c3ccccc3)n[nH]2)n1N=Cc1ccc(Cl)cc1Cl. The van der Waals surface area contributed by atoms with Crippen molar-refractivity contribution in [2.24, 2.45) is 5.10 Å². The lowest BCUT2D eigenvalue weighted by Crippen LogP contribution is -1.95. The van der Waals surface area contributed by atoms with Crippen LogP contribution in [0.5, 0.6) is 0 Å². The van der Waals surface area contributed by atoms with E-state index in [2.05, 4.69) is 25.5 Å². The number of hydrogen-bond donors (Lipinski definition) is 2. The fraction of sp³-hybridized carbons (Fsp3) is 0. The molecule has 0 radical (unpaired) electrons. The standard InChI is InChI=1S/C18H12Cl2N6S/c19-13-7-6-12(14(20)8-13)10-21-26-17(24-25-18(26)27)16-9-15(22-23-16)11-4-2-1-3-5-11/h1-10H,(H,22,23)(H,25,27). The highest BCUT2D eigenvalue weighted by molar-refractivity contribution is 7.71. The molecule has 2 aromatic heterocycles. The predicted octanol–water partition coefficient (Wildman–Crippen LogP) is 5.19. The number of nitrogens with zero attached hydrogens (tertiary/aromatic N) is 4. The Morgan fingerprint density at radius 3 is 2.59 bits per heavy atom. The van der Waals surface area contributed by atoms with Gasteiger partial charge in [0.25, 0.3) is 0 Å². The highest BCUT2D eigenvalue weighted by Gasteiger charge is 2.12. The van der Waals surface area contributed by atoms with Crippen LogP contribution in [0, 0.1) is 4.77 Å². The van der Waals surface area contributed by atoms with Crippen molar-refractivity contribution in [3.05, 3.63) is 75.0 Å². The summed E-state index contributed by atoms with van der Waals surface area (Å²) in [5, 5.41) is 19.8. The average Bonchev–Trinajstić information content (AvgIpc) is 3.29. The Kier molecular flexibility index (Phi) is 4.89. The van der Waals surface area contributed by atoms with Crippen molar-refractivity contribution in [3.63, 3.8) is 0 Å². The summed E-state index contributed by atoms with van der Waals surface area (Å²) in [6.07, 6.45) is 1.60. The molecule has 0 bridgehead atoms. The molecule has 0 saturated heterocycles. The Labute approximate surface area is 169 Å². The molecule has 6 nitrogen and oxygen atoms in total. The van der Waals surface area contributed by atoms with Crippen molar-refractivity contribution >= 4 is 41.6 Å². The lowest BCUT2D eigenvalue weighted by molar-refractivity contribution is 0.865. The molecule has 27 heavy (non-hydrogen) atoms. The van der Waals surface area contributed by atoms with E-state index in [0.717, 1.165) is 11.3 Å². The third-order valence-electron chi connectivity index (χ3n) is 3.81. The number of aromatic nitrogens is 5. The molecule has 0 unspecified atom stereocenters. The summed E-state index contributed by atoms with van der Waals surface area (Å²) in [5.74, 6) is 0.510. The molecule has 134 valence electrons. The summed E-state index contributed by atoms with van der Waals surface area (Å²) in [5.41, 5.74) is 3.19. The van der Waals surface area contributed by atoms with Gasteiger partial charge >= 0.3 is 0 Å². The first-order valence-electron chi connectivity index (χ1n) is 7.90. The van der Waals surface area contributed by atoms with Gasteiger partial charge < -0.3 is 0 Å².